The number of nitro groups is 1. The van der Waals surface area contributed by atoms with Crippen LogP contribution in [0.25, 0.3) is 0 Å². The van der Waals surface area contributed by atoms with E-state index in [0.717, 1.165) is 24.3 Å². The van der Waals surface area contributed by atoms with Gasteiger partial charge in [-0.05, 0) is 24.8 Å². The molecule has 0 spiro atoms. The van der Waals surface area contributed by atoms with Crippen LogP contribution in [0.4, 0.5) is 5.69 Å². The van der Waals surface area contributed by atoms with Crippen molar-refractivity contribution in [3.8, 4) is 5.75 Å². The van der Waals surface area contributed by atoms with Crippen molar-refractivity contribution >= 4 is 23.4 Å². The molecule has 0 saturated carbocycles. The molecule has 0 bridgehead atoms. The molecule has 0 fully saturated rings. The zero-order valence-corrected chi connectivity index (χ0v) is 12.5. The van der Waals surface area contributed by atoms with E-state index in [4.69, 9.17) is 0 Å². The molecule has 1 N–H and O–H groups in total. The minimum Gasteiger partial charge on any atom is -0.502 e. The molecule has 1 unspecified atom stereocenters. The van der Waals surface area contributed by atoms with Crippen LogP contribution in [0.3, 0.4) is 0 Å². The quantitative estimate of drug-likeness (QED) is 0.644. The van der Waals surface area contributed by atoms with Gasteiger partial charge in [0.05, 0.1) is 4.92 Å². The summed E-state index contributed by atoms with van der Waals surface area (Å²) in [6, 6.07) is 3.74. The zero-order valence-electron chi connectivity index (χ0n) is 11.7. The molecular weight excluding hydrogens is 280 g/mol. The molecule has 1 aromatic carbocycles. The topological polar surface area (TPSA) is 83.7 Å². The van der Waals surface area contributed by atoms with E-state index in [1.54, 1.807) is 23.7 Å². The Morgan fingerprint density at radius 2 is 2.20 bits per heavy atom. The van der Waals surface area contributed by atoms with Crippen molar-refractivity contribution in [3.05, 3.63) is 33.9 Å². The molecule has 1 amide bonds. The predicted molar refractivity (Wildman–Crippen MR) is 79.3 cm³/mol. The van der Waals surface area contributed by atoms with Crippen molar-refractivity contribution in [2.75, 3.05) is 19.1 Å². The Balaban J connectivity index is 2.97. The number of rotatable bonds is 6. The number of phenols is 1. The van der Waals surface area contributed by atoms with Gasteiger partial charge in [-0.3, -0.25) is 14.9 Å². The molecule has 0 aliphatic rings. The fraction of sp³-hybridized carbons (Fsp3) is 0.462. The number of benzene rings is 1. The maximum atomic E-state index is 12.3. The highest BCUT2D eigenvalue weighted by Crippen LogP contribution is 2.27. The van der Waals surface area contributed by atoms with E-state index in [9.17, 15) is 20.0 Å². The van der Waals surface area contributed by atoms with Gasteiger partial charge in [-0.25, -0.2) is 0 Å². The molecule has 110 valence electrons. The number of hydrogen-bond donors (Lipinski definition) is 1. The summed E-state index contributed by atoms with van der Waals surface area (Å²) < 4.78 is 0. The van der Waals surface area contributed by atoms with E-state index >= 15 is 0 Å². The van der Waals surface area contributed by atoms with Gasteiger partial charge in [0, 0.05) is 30.5 Å². The molecule has 20 heavy (non-hydrogen) atoms. The number of hydrogen-bond acceptors (Lipinski definition) is 5. The number of carbonyl (C=O) groups excluding carboxylic acids is 1. The van der Waals surface area contributed by atoms with Crippen molar-refractivity contribution < 1.29 is 14.8 Å². The zero-order chi connectivity index (χ0) is 15.3. The Morgan fingerprint density at radius 3 is 2.65 bits per heavy atom. The van der Waals surface area contributed by atoms with E-state index in [1.165, 1.54) is 6.07 Å². The molecular formula is C13H18N2O4S. The van der Waals surface area contributed by atoms with Crippen LogP contribution in [-0.4, -0.2) is 45.9 Å². The maximum absolute atomic E-state index is 12.3. The van der Waals surface area contributed by atoms with Gasteiger partial charge in [-0.2, -0.15) is 11.8 Å². The second-order valence-corrected chi connectivity index (χ2v) is 5.30. The molecule has 1 aromatic rings. The molecule has 0 aliphatic heterocycles. The average molecular weight is 298 g/mol. The van der Waals surface area contributed by atoms with E-state index in [-0.39, 0.29) is 17.5 Å². The van der Waals surface area contributed by atoms with Gasteiger partial charge in [-0.15, -0.1) is 0 Å². The smallest absolute Gasteiger partial charge is 0.310 e. The molecule has 0 heterocycles. The molecule has 0 aromatic heterocycles. The standard InChI is InChI=1S/C13H18N2O4S/c1-4-10(8-20-3)14(2)13(17)9-5-6-11(15(18)19)12(16)7-9/h5-7,10,16H,4,8H2,1-3H3. The summed E-state index contributed by atoms with van der Waals surface area (Å²) in [4.78, 5) is 23.8. The van der Waals surface area contributed by atoms with E-state index in [1.807, 2.05) is 13.2 Å². The number of carbonyl (C=O) groups is 1. The normalized spacial score (nSPS) is 11.9. The summed E-state index contributed by atoms with van der Waals surface area (Å²) in [6.07, 6.45) is 2.79. The average Bonchev–Trinajstić information content (AvgIpc) is 2.42. The van der Waals surface area contributed by atoms with Gasteiger partial charge < -0.3 is 10.0 Å². The molecule has 6 nitrogen and oxygen atoms in total. The second kappa shape index (κ2) is 7.14. The molecule has 0 radical (unpaired) electrons. The Morgan fingerprint density at radius 1 is 1.55 bits per heavy atom. The monoisotopic (exact) mass is 298 g/mol. The van der Waals surface area contributed by atoms with Crippen molar-refractivity contribution in [1.82, 2.24) is 4.90 Å². The van der Waals surface area contributed by atoms with Crippen LogP contribution in [0.1, 0.15) is 23.7 Å². The molecule has 7 heteroatoms. The molecule has 1 atom stereocenters. The first-order valence-electron chi connectivity index (χ1n) is 6.15. The van der Waals surface area contributed by atoms with Gasteiger partial charge in [0.1, 0.15) is 0 Å². The Hall–Kier alpha value is -1.76. The number of nitro benzene ring substituents is 1. The van der Waals surface area contributed by atoms with Crippen LogP contribution in [0.15, 0.2) is 18.2 Å². The molecule has 0 saturated heterocycles. The van der Waals surface area contributed by atoms with Gasteiger partial charge >= 0.3 is 5.69 Å². The first kappa shape index (κ1) is 16.3. The summed E-state index contributed by atoms with van der Waals surface area (Å²) in [5, 5.41) is 20.2. The van der Waals surface area contributed by atoms with Crippen molar-refractivity contribution in [2.45, 2.75) is 19.4 Å². The minimum absolute atomic E-state index is 0.0924. The number of amides is 1. The Labute approximate surface area is 121 Å². The third-order valence-corrected chi connectivity index (χ3v) is 3.84. The van der Waals surface area contributed by atoms with Gasteiger partial charge in [0.2, 0.25) is 0 Å². The highest BCUT2D eigenvalue weighted by molar-refractivity contribution is 7.98. The van der Waals surface area contributed by atoms with Crippen LogP contribution < -0.4 is 0 Å². The third-order valence-electron chi connectivity index (χ3n) is 3.12. The van der Waals surface area contributed by atoms with E-state index < -0.39 is 16.4 Å². The lowest BCUT2D eigenvalue weighted by Gasteiger charge is -2.26. The van der Waals surface area contributed by atoms with Crippen LogP contribution in [-0.2, 0) is 0 Å². The van der Waals surface area contributed by atoms with Crippen molar-refractivity contribution in [2.24, 2.45) is 0 Å². The first-order valence-corrected chi connectivity index (χ1v) is 7.55. The predicted octanol–water partition coefficient (Wildman–Crippen LogP) is 2.51. The van der Waals surface area contributed by atoms with Crippen LogP contribution >= 0.6 is 11.8 Å². The SMILES string of the molecule is CCC(CSC)N(C)C(=O)c1ccc([N+](=O)[O-])c(O)c1. The van der Waals surface area contributed by atoms with Crippen molar-refractivity contribution in [1.29, 1.82) is 0 Å². The Bertz CT molecular complexity index is 507. The highest BCUT2D eigenvalue weighted by Gasteiger charge is 2.22. The van der Waals surface area contributed by atoms with Crippen LogP contribution in [0.2, 0.25) is 0 Å². The summed E-state index contributed by atoms with van der Waals surface area (Å²) in [6.45, 7) is 2.00. The van der Waals surface area contributed by atoms with E-state index in [0.29, 0.717) is 0 Å². The van der Waals surface area contributed by atoms with Crippen LogP contribution in [0.5, 0.6) is 5.75 Å². The lowest BCUT2D eigenvalue weighted by Crippen LogP contribution is -2.38. The van der Waals surface area contributed by atoms with Crippen LogP contribution in [0, 0.1) is 10.1 Å². The number of phenolic OH excluding ortho intramolecular Hbond substituents is 1. The lowest BCUT2D eigenvalue weighted by atomic mass is 10.1. The van der Waals surface area contributed by atoms with Gasteiger partial charge in [0.25, 0.3) is 5.91 Å². The fourth-order valence-electron chi connectivity index (χ4n) is 1.88. The second-order valence-electron chi connectivity index (χ2n) is 4.39. The highest BCUT2D eigenvalue weighted by atomic mass is 32.2. The fourth-order valence-corrected chi connectivity index (χ4v) is 2.72. The summed E-state index contributed by atoms with van der Waals surface area (Å²) in [5.74, 6) is 0.0702. The van der Waals surface area contributed by atoms with E-state index in [2.05, 4.69) is 0 Å². The Kier molecular flexibility index (Phi) is 5.82. The number of nitrogens with zero attached hydrogens (tertiary/aromatic N) is 2. The number of aromatic hydroxyl groups is 1. The molecule has 1 rings (SSSR count). The third kappa shape index (κ3) is 3.63. The first-order chi connectivity index (χ1) is 9.42. The summed E-state index contributed by atoms with van der Waals surface area (Å²) >= 11 is 1.65. The minimum atomic E-state index is -0.685. The van der Waals surface area contributed by atoms with Gasteiger partial charge in [0.15, 0.2) is 5.75 Å². The summed E-state index contributed by atoms with van der Waals surface area (Å²) in [5.41, 5.74) is -0.157. The summed E-state index contributed by atoms with van der Waals surface area (Å²) in [7, 11) is 1.70. The molecule has 0 aliphatic carbocycles. The lowest BCUT2D eigenvalue weighted by molar-refractivity contribution is -0.385. The largest absolute Gasteiger partial charge is 0.502 e. The van der Waals surface area contributed by atoms with Gasteiger partial charge in [-0.1, -0.05) is 6.92 Å². The van der Waals surface area contributed by atoms with Crippen molar-refractivity contribution in [3.63, 3.8) is 0 Å². The number of thioether (sulfide) groups is 1. The maximum Gasteiger partial charge on any atom is 0.310 e.